The van der Waals surface area contributed by atoms with Gasteiger partial charge in [-0.3, -0.25) is 0 Å². The normalized spacial score (nSPS) is 14.7. The van der Waals surface area contributed by atoms with Crippen molar-refractivity contribution in [2.75, 3.05) is 23.7 Å². The molecule has 1 aliphatic heterocycles. The molecule has 5 rings (SSSR count). The molecule has 0 saturated carbocycles. The fraction of sp³-hybridized carbons (Fsp3) is 0.227. The lowest BCUT2D eigenvalue weighted by Gasteiger charge is -2.15. The molecule has 164 valence electrons. The van der Waals surface area contributed by atoms with Crippen molar-refractivity contribution in [3.63, 3.8) is 0 Å². The van der Waals surface area contributed by atoms with Crippen molar-refractivity contribution in [3.05, 3.63) is 60.4 Å². The van der Waals surface area contributed by atoms with Gasteiger partial charge in [-0.1, -0.05) is 29.5 Å². The van der Waals surface area contributed by atoms with E-state index in [4.69, 9.17) is 0 Å². The Labute approximate surface area is 190 Å². The van der Waals surface area contributed by atoms with Gasteiger partial charge in [0.15, 0.2) is 15.8 Å². The van der Waals surface area contributed by atoms with Crippen molar-refractivity contribution in [2.45, 2.75) is 24.7 Å². The number of anilines is 4. The van der Waals surface area contributed by atoms with Crippen molar-refractivity contribution in [1.29, 1.82) is 0 Å². The summed E-state index contributed by atoms with van der Waals surface area (Å²) in [5, 5.41) is 7.31. The lowest BCUT2D eigenvalue weighted by atomic mass is 10.2. The Bertz CT molecular complexity index is 1360. The highest BCUT2D eigenvalue weighted by Crippen LogP contribution is 2.32. The first-order chi connectivity index (χ1) is 15.5. The maximum absolute atomic E-state index is 12.7. The lowest BCUT2D eigenvalue weighted by Crippen LogP contribution is -2.27. The molecule has 2 aromatic heterocycles. The summed E-state index contributed by atoms with van der Waals surface area (Å²) in [6.45, 7) is 3.21. The van der Waals surface area contributed by atoms with E-state index in [9.17, 15) is 8.42 Å². The molecule has 8 nitrogen and oxygen atoms in total. The van der Waals surface area contributed by atoms with Crippen LogP contribution < -0.4 is 10.6 Å². The Morgan fingerprint density at radius 1 is 0.969 bits per heavy atom. The number of hydrogen-bond donors (Lipinski definition) is 2. The van der Waals surface area contributed by atoms with E-state index in [1.807, 2.05) is 31.2 Å². The molecule has 10 heteroatoms. The van der Waals surface area contributed by atoms with E-state index < -0.39 is 10.0 Å². The number of sulfonamides is 1. The van der Waals surface area contributed by atoms with Crippen LogP contribution >= 0.6 is 11.3 Å². The van der Waals surface area contributed by atoms with Crippen LogP contribution in [0.25, 0.3) is 10.3 Å². The topological polar surface area (TPSA) is 100 Å². The fourth-order valence-electron chi connectivity index (χ4n) is 3.65. The van der Waals surface area contributed by atoms with Gasteiger partial charge in [0, 0.05) is 24.5 Å². The average molecular weight is 467 g/mol. The van der Waals surface area contributed by atoms with Gasteiger partial charge in [-0.15, -0.1) is 0 Å². The first-order valence-corrected chi connectivity index (χ1v) is 12.6. The summed E-state index contributed by atoms with van der Waals surface area (Å²) >= 11 is 1.45. The van der Waals surface area contributed by atoms with Gasteiger partial charge >= 0.3 is 0 Å². The number of nitrogens with one attached hydrogen (secondary N) is 2. The molecule has 1 fully saturated rings. The minimum atomic E-state index is -3.43. The Balaban J connectivity index is 1.38. The number of fused-ring (bicyclic) bond motifs is 1. The molecule has 0 bridgehead atoms. The van der Waals surface area contributed by atoms with Crippen LogP contribution in [0.4, 0.5) is 22.3 Å². The van der Waals surface area contributed by atoms with Gasteiger partial charge in [-0.05, 0) is 55.7 Å². The maximum atomic E-state index is 12.7. The third-order valence-electron chi connectivity index (χ3n) is 5.40. The number of thiazole rings is 1. The van der Waals surface area contributed by atoms with Gasteiger partial charge in [0.2, 0.25) is 10.0 Å². The highest BCUT2D eigenvalue weighted by molar-refractivity contribution is 7.89. The van der Waals surface area contributed by atoms with E-state index in [2.05, 4.69) is 25.6 Å². The molecule has 32 heavy (non-hydrogen) atoms. The molecular formula is C22H22N6O2S2. The van der Waals surface area contributed by atoms with Crippen molar-refractivity contribution in [2.24, 2.45) is 0 Å². The predicted molar refractivity (Wildman–Crippen MR) is 127 cm³/mol. The number of aromatic nitrogens is 3. The lowest BCUT2D eigenvalue weighted by molar-refractivity contribution is 0.477. The number of rotatable bonds is 6. The van der Waals surface area contributed by atoms with Crippen LogP contribution in [0, 0.1) is 6.92 Å². The minimum absolute atomic E-state index is 0.302. The standard InChI is InChI=1S/C22H22N6O2S2/c1-15-6-2-3-7-18(15)26-22-27-19-20(23-14-24-21(19)31-22)25-16-8-10-17(11-9-16)32(29,30)28-12-4-5-13-28/h2-3,6-11,14H,4-5,12-13H2,1H3,(H,26,27)(H,23,24,25). The Morgan fingerprint density at radius 3 is 2.47 bits per heavy atom. The summed E-state index contributed by atoms with van der Waals surface area (Å²) in [4.78, 5) is 14.4. The van der Waals surface area contributed by atoms with Crippen LogP contribution in [0.5, 0.6) is 0 Å². The number of nitrogens with zero attached hydrogens (tertiary/aromatic N) is 4. The third-order valence-corrected chi connectivity index (χ3v) is 8.19. The first-order valence-electron chi connectivity index (χ1n) is 10.3. The average Bonchev–Trinajstić information content (AvgIpc) is 3.47. The molecule has 0 amide bonds. The van der Waals surface area contributed by atoms with Crippen molar-refractivity contribution >= 4 is 54.0 Å². The molecule has 3 heterocycles. The molecule has 1 saturated heterocycles. The monoisotopic (exact) mass is 466 g/mol. The van der Waals surface area contributed by atoms with Gasteiger partial charge in [0.25, 0.3) is 0 Å². The van der Waals surface area contributed by atoms with Crippen LogP contribution in [0.2, 0.25) is 0 Å². The second-order valence-electron chi connectivity index (χ2n) is 7.60. The molecule has 1 aliphatic rings. The highest BCUT2D eigenvalue weighted by atomic mass is 32.2. The van der Waals surface area contributed by atoms with E-state index in [0.717, 1.165) is 39.7 Å². The Hall–Kier alpha value is -3.08. The number of hydrogen-bond acceptors (Lipinski definition) is 8. The van der Waals surface area contributed by atoms with E-state index in [-0.39, 0.29) is 0 Å². The highest BCUT2D eigenvalue weighted by Gasteiger charge is 2.27. The van der Waals surface area contributed by atoms with E-state index >= 15 is 0 Å². The molecule has 0 atom stereocenters. The zero-order valence-corrected chi connectivity index (χ0v) is 19.1. The van der Waals surface area contributed by atoms with Crippen molar-refractivity contribution in [3.8, 4) is 0 Å². The molecular weight excluding hydrogens is 444 g/mol. The quantitative estimate of drug-likeness (QED) is 0.426. The third kappa shape index (κ3) is 4.04. The predicted octanol–water partition coefficient (Wildman–Crippen LogP) is 4.67. The summed E-state index contributed by atoms with van der Waals surface area (Å²) in [6, 6.07) is 14.8. The second-order valence-corrected chi connectivity index (χ2v) is 10.5. The SMILES string of the molecule is Cc1ccccc1Nc1nc2c(Nc3ccc(S(=O)(=O)N4CCCC4)cc3)ncnc2s1. The number of benzene rings is 2. The van der Waals surface area contributed by atoms with Gasteiger partial charge in [-0.25, -0.2) is 23.4 Å². The molecule has 0 radical (unpaired) electrons. The zero-order valence-electron chi connectivity index (χ0n) is 17.4. The summed E-state index contributed by atoms with van der Waals surface area (Å²) in [5.41, 5.74) is 3.50. The molecule has 2 N–H and O–H groups in total. The van der Waals surface area contributed by atoms with Crippen molar-refractivity contribution < 1.29 is 8.42 Å². The molecule has 2 aromatic carbocycles. The second kappa shape index (κ2) is 8.45. The summed E-state index contributed by atoms with van der Waals surface area (Å²) in [5.74, 6) is 0.569. The van der Waals surface area contributed by atoms with E-state index in [1.54, 1.807) is 28.6 Å². The van der Waals surface area contributed by atoms with Crippen LogP contribution in [0.3, 0.4) is 0 Å². The summed E-state index contributed by atoms with van der Waals surface area (Å²) in [7, 11) is -3.43. The van der Waals surface area contributed by atoms with Crippen LogP contribution in [-0.2, 0) is 10.0 Å². The molecule has 0 aliphatic carbocycles. The zero-order chi connectivity index (χ0) is 22.1. The van der Waals surface area contributed by atoms with Gasteiger partial charge in [0.05, 0.1) is 4.90 Å². The van der Waals surface area contributed by atoms with E-state index in [0.29, 0.717) is 29.3 Å². The van der Waals surface area contributed by atoms with E-state index in [1.165, 1.54) is 17.7 Å². The summed E-state index contributed by atoms with van der Waals surface area (Å²) < 4.78 is 27.0. The minimum Gasteiger partial charge on any atom is -0.338 e. The van der Waals surface area contributed by atoms with Crippen LogP contribution in [0.15, 0.2) is 59.8 Å². The maximum Gasteiger partial charge on any atom is 0.243 e. The van der Waals surface area contributed by atoms with Gasteiger partial charge < -0.3 is 10.6 Å². The molecule has 4 aromatic rings. The van der Waals surface area contributed by atoms with Crippen LogP contribution in [0.1, 0.15) is 18.4 Å². The smallest absolute Gasteiger partial charge is 0.243 e. The summed E-state index contributed by atoms with van der Waals surface area (Å²) in [6.07, 6.45) is 3.32. The largest absolute Gasteiger partial charge is 0.338 e. The van der Waals surface area contributed by atoms with Crippen LogP contribution in [-0.4, -0.2) is 40.8 Å². The molecule has 0 unspecified atom stereocenters. The van der Waals surface area contributed by atoms with Gasteiger partial charge in [0.1, 0.15) is 11.8 Å². The number of para-hydroxylation sites is 1. The Kier molecular flexibility index (Phi) is 5.50. The first kappa shape index (κ1) is 20.8. The van der Waals surface area contributed by atoms with Crippen molar-refractivity contribution in [1.82, 2.24) is 19.3 Å². The fourth-order valence-corrected chi connectivity index (χ4v) is 5.99. The molecule has 0 spiro atoms. The number of aryl methyl sites for hydroxylation is 1. The van der Waals surface area contributed by atoms with Gasteiger partial charge in [-0.2, -0.15) is 4.31 Å². The Morgan fingerprint density at radius 2 is 1.72 bits per heavy atom.